The molecule has 0 aliphatic rings. The summed E-state index contributed by atoms with van der Waals surface area (Å²) >= 11 is 7.65. The monoisotopic (exact) mass is 330 g/mol. The minimum absolute atomic E-state index is 0.305. The molecule has 0 aliphatic carbocycles. The summed E-state index contributed by atoms with van der Waals surface area (Å²) in [6.07, 6.45) is 1.61. The van der Waals surface area contributed by atoms with Gasteiger partial charge in [0.1, 0.15) is 5.52 Å². The van der Waals surface area contributed by atoms with Crippen LogP contribution in [0.1, 0.15) is 31.9 Å². The molecular weight excluding hydrogens is 311 g/mol. The highest BCUT2D eigenvalue weighted by Crippen LogP contribution is 2.32. The molecule has 2 rings (SSSR count). The van der Waals surface area contributed by atoms with Crippen LogP contribution in [0.15, 0.2) is 11.4 Å². The van der Waals surface area contributed by atoms with E-state index in [2.05, 4.69) is 9.97 Å². The van der Waals surface area contributed by atoms with Gasteiger partial charge in [0.25, 0.3) is 0 Å². The van der Waals surface area contributed by atoms with Crippen molar-refractivity contribution in [3.05, 3.63) is 28.2 Å². The standard InChI is InChI=1S/C13H14ClFN2OS.C2H6/c1-4-19-13-16-5-8-9(6-18-3)10(14)7(2)11(15)12(8)17-13;1-2/h5H,4,6H2,1-3H3;1-2H3. The zero-order valence-electron chi connectivity index (χ0n) is 13.0. The third-order valence-corrected chi connectivity index (χ3v) is 4.04. The topological polar surface area (TPSA) is 35.0 Å². The van der Waals surface area contributed by atoms with Crippen LogP contribution in [0.2, 0.25) is 5.02 Å². The Morgan fingerprint density at radius 3 is 2.62 bits per heavy atom. The van der Waals surface area contributed by atoms with E-state index in [9.17, 15) is 4.39 Å². The molecule has 6 heteroatoms. The predicted octanol–water partition coefficient (Wildman–Crippen LogP) is 5.02. The first-order valence-corrected chi connectivity index (χ1v) is 8.21. The minimum Gasteiger partial charge on any atom is -0.380 e. The largest absolute Gasteiger partial charge is 0.380 e. The molecule has 0 fully saturated rings. The summed E-state index contributed by atoms with van der Waals surface area (Å²) in [6, 6.07) is 0. The molecular formula is C15H20ClFN2OS. The van der Waals surface area contributed by atoms with Gasteiger partial charge in [-0.2, -0.15) is 0 Å². The summed E-state index contributed by atoms with van der Waals surface area (Å²) in [5.41, 5.74) is 1.43. The minimum atomic E-state index is -0.389. The van der Waals surface area contributed by atoms with Crippen molar-refractivity contribution < 1.29 is 9.13 Å². The number of ether oxygens (including phenoxy) is 1. The molecule has 3 nitrogen and oxygen atoms in total. The Labute approximate surface area is 134 Å². The van der Waals surface area contributed by atoms with E-state index in [1.807, 2.05) is 20.8 Å². The molecule has 0 radical (unpaired) electrons. The first kappa shape index (κ1) is 18.1. The Kier molecular flexibility index (Phi) is 7.35. The lowest BCUT2D eigenvalue weighted by atomic mass is 10.1. The molecule has 1 aromatic heterocycles. The second-order valence-corrected chi connectivity index (χ2v) is 5.62. The fourth-order valence-electron chi connectivity index (χ4n) is 1.86. The van der Waals surface area contributed by atoms with Gasteiger partial charge in [0.15, 0.2) is 11.0 Å². The zero-order valence-corrected chi connectivity index (χ0v) is 14.5. The fraction of sp³-hybridized carbons (Fsp3) is 0.467. The average molecular weight is 331 g/mol. The van der Waals surface area contributed by atoms with E-state index in [0.29, 0.717) is 33.3 Å². The van der Waals surface area contributed by atoms with Crippen molar-refractivity contribution >= 4 is 34.3 Å². The molecule has 21 heavy (non-hydrogen) atoms. The third-order valence-electron chi connectivity index (χ3n) is 2.79. The molecule has 0 atom stereocenters. The number of hydrogen-bond donors (Lipinski definition) is 0. The van der Waals surface area contributed by atoms with Gasteiger partial charge in [-0.1, -0.05) is 44.1 Å². The van der Waals surface area contributed by atoms with Gasteiger partial charge in [-0.3, -0.25) is 0 Å². The van der Waals surface area contributed by atoms with Gasteiger partial charge in [-0.05, 0) is 12.7 Å². The summed E-state index contributed by atoms with van der Waals surface area (Å²) < 4.78 is 19.4. The Morgan fingerprint density at radius 2 is 2.05 bits per heavy atom. The highest BCUT2D eigenvalue weighted by atomic mass is 35.5. The first-order valence-electron chi connectivity index (χ1n) is 6.85. The molecule has 1 heterocycles. The van der Waals surface area contributed by atoms with E-state index in [-0.39, 0.29) is 5.82 Å². The summed E-state index contributed by atoms with van der Waals surface area (Å²) in [4.78, 5) is 8.49. The second kappa shape index (κ2) is 8.51. The zero-order chi connectivity index (χ0) is 16.0. The molecule has 1 aromatic carbocycles. The van der Waals surface area contributed by atoms with Gasteiger partial charge >= 0.3 is 0 Å². The molecule has 0 aliphatic heterocycles. The molecule has 2 aromatic rings. The maximum Gasteiger partial charge on any atom is 0.188 e. The molecule has 0 spiro atoms. The van der Waals surface area contributed by atoms with Crippen molar-refractivity contribution in [2.45, 2.75) is 39.5 Å². The molecule has 0 unspecified atom stereocenters. The summed E-state index contributed by atoms with van der Waals surface area (Å²) in [5, 5.41) is 1.56. The Hall–Kier alpha value is -0.910. The number of hydrogen-bond acceptors (Lipinski definition) is 4. The quantitative estimate of drug-likeness (QED) is 0.582. The van der Waals surface area contributed by atoms with Crippen molar-refractivity contribution in [2.24, 2.45) is 0 Å². The van der Waals surface area contributed by atoms with Crippen molar-refractivity contribution in [3.8, 4) is 0 Å². The molecule has 0 amide bonds. The molecule has 0 saturated heterocycles. The lowest BCUT2D eigenvalue weighted by Gasteiger charge is -2.12. The predicted molar refractivity (Wildman–Crippen MR) is 87.7 cm³/mol. The number of aromatic nitrogens is 2. The maximum absolute atomic E-state index is 14.3. The van der Waals surface area contributed by atoms with E-state index < -0.39 is 0 Å². The van der Waals surface area contributed by atoms with Gasteiger partial charge in [0, 0.05) is 29.8 Å². The van der Waals surface area contributed by atoms with Crippen LogP contribution in [0.5, 0.6) is 0 Å². The summed E-state index contributed by atoms with van der Waals surface area (Å²) in [5.74, 6) is 0.449. The molecule has 0 N–H and O–H groups in total. The average Bonchev–Trinajstić information content (AvgIpc) is 2.52. The number of methoxy groups -OCH3 is 1. The number of benzene rings is 1. The lowest BCUT2D eigenvalue weighted by molar-refractivity contribution is 0.186. The van der Waals surface area contributed by atoms with Crippen LogP contribution in [0.3, 0.4) is 0 Å². The van der Waals surface area contributed by atoms with Crippen LogP contribution in [-0.4, -0.2) is 22.8 Å². The highest BCUT2D eigenvalue weighted by molar-refractivity contribution is 7.99. The normalized spacial score (nSPS) is 10.4. The van der Waals surface area contributed by atoms with Gasteiger partial charge in [-0.25, -0.2) is 14.4 Å². The van der Waals surface area contributed by atoms with Crippen LogP contribution in [0.25, 0.3) is 10.9 Å². The summed E-state index contributed by atoms with van der Waals surface area (Å²) in [6.45, 7) is 7.95. The van der Waals surface area contributed by atoms with Gasteiger partial charge < -0.3 is 4.74 Å². The first-order chi connectivity index (χ1) is 10.1. The third kappa shape index (κ3) is 3.84. The second-order valence-electron chi connectivity index (χ2n) is 4.01. The molecule has 0 saturated carbocycles. The van der Waals surface area contributed by atoms with Crippen molar-refractivity contribution in [1.29, 1.82) is 0 Å². The number of halogens is 2. The number of rotatable bonds is 4. The Balaban J connectivity index is 0.00000106. The van der Waals surface area contributed by atoms with Crippen molar-refractivity contribution in [3.63, 3.8) is 0 Å². The van der Waals surface area contributed by atoms with E-state index in [1.54, 1.807) is 20.2 Å². The highest BCUT2D eigenvalue weighted by Gasteiger charge is 2.17. The SMILES string of the molecule is CC.CCSc1ncc2c(COC)c(Cl)c(C)c(F)c2n1. The lowest BCUT2D eigenvalue weighted by Crippen LogP contribution is -2.00. The van der Waals surface area contributed by atoms with Gasteiger partial charge in [0.05, 0.1) is 11.6 Å². The van der Waals surface area contributed by atoms with E-state index in [1.165, 1.54) is 11.8 Å². The van der Waals surface area contributed by atoms with Crippen molar-refractivity contribution in [1.82, 2.24) is 9.97 Å². The van der Waals surface area contributed by atoms with Gasteiger partial charge in [-0.15, -0.1) is 0 Å². The van der Waals surface area contributed by atoms with Crippen molar-refractivity contribution in [2.75, 3.05) is 12.9 Å². The van der Waals surface area contributed by atoms with Crippen LogP contribution in [0, 0.1) is 12.7 Å². The van der Waals surface area contributed by atoms with E-state index in [4.69, 9.17) is 16.3 Å². The number of nitrogens with zero attached hydrogens (tertiary/aromatic N) is 2. The van der Waals surface area contributed by atoms with Crippen LogP contribution >= 0.6 is 23.4 Å². The van der Waals surface area contributed by atoms with E-state index in [0.717, 1.165) is 11.3 Å². The molecule has 0 bridgehead atoms. The van der Waals surface area contributed by atoms with Crippen LogP contribution < -0.4 is 0 Å². The smallest absolute Gasteiger partial charge is 0.188 e. The number of thioether (sulfide) groups is 1. The van der Waals surface area contributed by atoms with Crippen LogP contribution in [-0.2, 0) is 11.3 Å². The maximum atomic E-state index is 14.3. The fourth-order valence-corrected chi connectivity index (χ4v) is 2.64. The molecule has 116 valence electrons. The summed E-state index contributed by atoms with van der Waals surface area (Å²) in [7, 11) is 1.57. The Morgan fingerprint density at radius 1 is 1.38 bits per heavy atom. The van der Waals surface area contributed by atoms with Crippen LogP contribution in [0.4, 0.5) is 4.39 Å². The number of fused-ring (bicyclic) bond motifs is 1. The van der Waals surface area contributed by atoms with E-state index >= 15 is 0 Å². The Bertz CT molecular complexity index is 622. The van der Waals surface area contributed by atoms with Gasteiger partial charge in [0.2, 0.25) is 0 Å².